The smallest absolute Gasteiger partial charge is 0.409 e. The lowest BCUT2D eigenvalue weighted by Gasteiger charge is -2.32. The molecular weight excluding hydrogens is 356 g/mol. The number of piperidine rings is 1. The van der Waals surface area contributed by atoms with E-state index in [2.05, 4.69) is 22.8 Å². The van der Waals surface area contributed by atoms with Crippen molar-refractivity contribution < 1.29 is 13.9 Å². The molecule has 7 nitrogen and oxygen atoms in total. The summed E-state index contributed by atoms with van der Waals surface area (Å²) in [6.07, 6.45) is 3.94. The molecule has 1 amide bonds. The first-order valence-electron chi connectivity index (χ1n) is 9.68. The predicted octanol–water partition coefficient (Wildman–Crippen LogP) is 2.79. The lowest BCUT2D eigenvalue weighted by atomic mass is 10.1. The number of amides is 1. The Balaban J connectivity index is 1.55. The summed E-state index contributed by atoms with van der Waals surface area (Å²) in [6, 6.07) is 14.3. The summed E-state index contributed by atoms with van der Waals surface area (Å²) in [5, 5.41) is 6.91. The number of furan rings is 1. The molecule has 0 saturated carbocycles. The van der Waals surface area contributed by atoms with Crippen LogP contribution in [0, 0.1) is 0 Å². The van der Waals surface area contributed by atoms with Crippen LogP contribution in [-0.2, 0) is 17.7 Å². The maximum absolute atomic E-state index is 11.6. The van der Waals surface area contributed by atoms with Gasteiger partial charge in [-0.05, 0) is 30.5 Å². The number of hydrogen-bond donors (Lipinski definition) is 2. The largest absolute Gasteiger partial charge is 0.469 e. The number of ether oxygens (including phenoxy) is 1. The van der Waals surface area contributed by atoms with Crippen LogP contribution in [-0.4, -0.2) is 49.7 Å². The third-order valence-corrected chi connectivity index (χ3v) is 4.78. The molecule has 0 atom stereocenters. The van der Waals surface area contributed by atoms with Crippen LogP contribution < -0.4 is 10.6 Å². The molecule has 3 rings (SSSR count). The Kier molecular flexibility index (Phi) is 7.35. The summed E-state index contributed by atoms with van der Waals surface area (Å²) in [6.45, 7) is 2.71. The molecule has 0 unspecified atom stereocenters. The van der Waals surface area contributed by atoms with E-state index in [1.54, 1.807) is 11.2 Å². The number of methoxy groups -OCH3 is 1. The molecule has 7 heteroatoms. The molecule has 1 aromatic heterocycles. The molecular formula is C21H28N4O3. The van der Waals surface area contributed by atoms with Gasteiger partial charge in [-0.2, -0.15) is 0 Å². The van der Waals surface area contributed by atoms with Crippen molar-refractivity contribution in [3.8, 4) is 0 Å². The van der Waals surface area contributed by atoms with E-state index in [4.69, 9.17) is 14.1 Å². The number of carbonyl (C=O) groups excluding carboxylic acids is 1. The van der Waals surface area contributed by atoms with Gasteiger partial charge < -0.3 is 24.7 Å². The number of benzene rings is 1. The number of nitrogens with zero attached hydrogens (tertiary/aromatic N) is 2. The fraction of sp³-hybridized carbons (Fsp3) is 0.429. The van der Waals surface area contributed by atoms with Crippen molar-refractivity contribution in [2.24, 2.45) is 4.99 Å². The normalized spacial score (nSPS) is 15.3. The monoisotopic (exact) mass is 384 g/mol. The highest BCUT2D eigenvalue weighted by Crippen LogP contribution is 2.11. The van der Waals surface area contributed by atoms with E-state index in [9.17, 15) is 4.79 Å². The molecule has 1 saturated heterocycles. The molecule has 2 heterocycles. The summed E-state index contributed by atoms with van der Waals surface area (Å²) < 4.78 is 10.2. The Morgan fingerprint density at radius 2 is 2.00 bits per heavy atom. The SMILES string of the molecule is COC(=O)N1CCC(NC(=NCc2ccccc2)NCCc2ccco2)CC1. The average Bonchev–Trinajstić information content (AvgIpc) is 3.26. The standard InChI is InChI=1S/C21H28N4O3/c1-27-21(26)25-13-10-18(11-14-25)24-20(22-12-9-19-8-5-15-28-19)23-16-17-6-3-2-4-7-17/h2-8,15,18H,9-14,16H2,1H3,(H2,22,23,24). The zero-order valence-corrected chi connectivity index (χ0v) is 16.3. The van der Waals surface area contributed by atoms with Gasteiger partial charge in [-0.25, -0.2) is 9.79 Å². The van der Waals surface area contributed by atoms with Crippen molar-refractivity contribution >= 4 is 12.1 Å². The maximum atomic E-state index is 11.6. The van der Waals surface area contributed by atoms with Gasteiger partial charge in [-0.1, -0.05) is 30.3 Å². The highest BCUT2D eigenvalue weighted by Gasteiger charge is 2.23. The van der Waals surface area contributed by atoms with Crippen molar-refractivity contribution in [3.63, 3.8) is 0 Å². The van der Waals surface area contributed by atoms with Gasteiger partial charge in [0, 0.05) is 32.1 Å². The van der Waals surface area contributed by atoms with Crippen molar-refractivity contribution in [1.29, 1.82) is 0 Å². The second-order valence-electron chi connectivity index (χ2n) is 6.78. The van der Waals surface area contributed by atoms with Crippen LogP contribution in [0.3, 0.4) is 0 Å². The van der Waals surface area contributed by atoms with Gasteiger partial charge in [0.2, 0.25) is 0 Å². The molecule has 2 N–H and O–H groups in total. The van der Waals surface area contributed by atoms with Crippen LogP contribution in [0.5, 0.6) is 0 Å². The van der Waals surface area contributed by atoms with Gasteiger partial charge in [-0.15, -0.1) is 0 Å². The van der Waals surface area contributed by atoms with Crippen LogP contribution in [0.15, 0.2) is 58.1 Å². The van der Waals surface area contributed by atoms with Crippen LogP contribution in [0.1, 0.15) is 24.2 Å². The third kappa shape index (κ3) is 6.04. The van der Waals surface area contributed by atoms with Crippen LogP contribution in [0.25, 0.3) is 0 Å². The third-order valence-electron chi connectivity index (χ3n) is 4.78. The first-order valence-corrected chi connectivity index (χ1v) is 9.68. The molecule has 1 aliphatic rings. The number of rotatable bonds is 6. The highest BCUT2D eigenvalue weighted by molar-refractivity contribution is 5.80. The minimum atomic E-state index is -0.256. The molecule has 0 bridgehead atoms. The Morgan fingerprint density at radius 3 is 2.68 bits per heavy atom. The van der Waals surface area contributed by atoms with Gasteiger partial charge in [0.25, 0.3) is 0 Å². The molecule has 0 aliphatic carbocycles. The molecule has 2 aromatic rings. The van der Waals surface area contributed by atoms with Gasteiger partial charge in [0.15, 0.2) is 5.96 Å². The molecule has 150 valence electrons. The van der Waals surface area contributed by atoms with Crippen molar-refractivity contribution in [1.82, 2.24) is 15.5 Å². The maximum Gasteiger partial charge on any atom is 0.409 e. The van der Waals surface area contributed by atoms with Crippen LogP contribution >= 0.6 is 0 Å². The van der Waals surface area contributed by atoms with Crippen molar-refractivity contribution in [3.05, 3.63) is 60.1 Å². The lowest BCUT2D eigenvalue weighted by molar-refractivity contribution is 0.111. The first kappa shape index (κ1) is 19.8. The summed E-state index contributed by atoms with van der Waals surface area (Å²) >= 11 is 0. The average molecular weight is 384 g/mol. The number of aliphatic imine (C=N–C) groups is 1. The minimum absolute atomic E-state index is 0.256. The molecule has 1 aliphatic heterocycles. The van der Waals surface area contributed by atoms with Crippen molar-refractivity contribution in [2.45, 2.75) is 31.8 Å². The second kappa shape index (κ2) is 10.4. The lowest BCUT2D eigenvalue weighted by Crippen LogP contribution is -2.50. The van der Waals surface area contributed by atoms with E-state index in [0.717, 1.165) is 43.1 Å². The summed E-state index contributed by atoms with van der Waals surface area (Å²) in [7, 11) is 1.42. The summed E-state index contributed by atoms with van der Waals surface area (Å²) in [5.41, 5.74) is 1.16. The first-order chi connectivity index (χ1) is 13.7. The second-order valence-corrected chi connectivity index (χ2v) is 6.78. The Hall–Kier alpha value is -2.96. The molecule has 1 aromatic carbocycles. The molecule has 0 radical (unpaired) electrons. The van der Waals surface area contributed by atoms with E-state index < -0.39 is 0 Å². The van der Waals surface area contributed by atoms with E-state index >= 15 is 0 Å². The van der Waals surface area contributed by atoms with E-state index in [1.807, 2.05) is 30.3 Å². The molecule has 0 spiro atoms. The fourth-order valence-electron chi connectivity index (χ4n) is 3.19. The quantitative estimate of drug-likeness (QED) is 0.591. The number of hydrogen-bond acceptors (Lipinski definition) is 4. The summed E-state index contributed by atoms with van der Waals surface area (Å²) in [4.78, 5) is 18.1. The topological polar surface area (TPSA) is 79.1 Å². The predicted molar refractivity (Wildman–Crippen MR) is 108 cm³/mol. The van der Waals surface area contributed by atoms with E-state index in [-0.39, 0.29) is 12.1 Å². The zero-order chi connectivity index (χ0) is 19.6. The number of nitrogens with one attached hydrogen (secondary N) is 2. The Labute approximate surface area is 165 Å². The number of likely N-dealkylation sites (tertiary alicyclic amines) is 1. The van der Waals surface area contributed by atoms with Crippen LogP contribution in [0.4, 0.5) is 4.79 Å². The fourth-order valence-corrected chi connectivity index (χ4v) is 3.19. The van der Waals surface area contributed by atoms with Gasteiger partial charge in [-0.3, -0.25) is 0 Å². The van der Waals surface area contributed by atoms with Crippen molar-refractivity contribution in [2.75, 3.05) is 26.7 Å². The molecule has 1 fully saturated rings. The van der Waals surface area contributed by atoms with Gasteiger partial charge in [0.05, 0.1) is 19.9 Å². The molecule has 28 heavy (non-hydrogen) atoms. The highest BCUT2D eigenvalue weighted by atomic mass is 16.5. The van der Waals surface area contributed by atoms with E-state index in [1.165, 1.54) is 7.11 Å². The minimum Gasteiger partial charge on any atom is -0.469 e. The van der Waals surface area contributed by atoms with Crippen LogP contribution in [0.2, 0.25) is 0 Å². The Bertz CT molecular complexity index is 738. The van der Waals surface area contributed by atoms with E-state index in [0.29, 0.717) is 19.6 Å². The zero-order valence-electron chi connectivity index (χ0n) is 16.3. The Morgan fingerprint density at radius 1 is 1.21 bits per heavy atom. The number of carbonyl (C=O) groups is 1. The number of guanidine groups is 1. The summed E-state index contributed by atoms with van der Waals surface area (Å²) in [5.74, 6) is 1.73. The van der Waals surface area contributed by atoms with Gasteiger partial charge >= 0.3 is 6.09 Å². The van der Waals surface area contributed by atoms with Gasteiger partial charge in [0.1, 0.15) is 5.76 Å².